The van der Waals surface area contributed by atoms with Crippen LogP contribution in [0.5, 0.6) is 0 Å². The van der Waals surface area contributed by atoms with Gasteiger partial charge in [-0.15, -0.1) is 0 Å². The second kappa shape index (κ2) is 6.30. The van der Waals surface area contributed by atoms with Gasteiger partial charge >= 0.3 is 0 Å². The first kappa shape index (κ1) is 14.8. The zero-order chi connectivity index (χ0) is 14.0. The third-order valence-corrected chi connectivity index (χ3v) is 5.52. The lowest BCUT2D eigenvalue weighted by molar-refractivity contribution is -0.146. The maximum Gasteiger partial charge on any atom is 0.0824 e. The van der Waals surface area contributed by atoms with Crippen molar-refractivity contribution in [3.63, 3.8) is 0 Å². The van der Waals surface area contributed by atoms with Crippen LogP contribution in [0, 0.1) is 0 Å². The molecule has 1 saturated carbocycles. The zero-order valence-electron chi connectivity index (χ0n) is 12.9. The lowest BCUT2D eigenvalue weighted by Crippen LogP contribution is -2.58. The van der Waals surface area contributed by atoms with E-state index in [1.165, 1.54) is 44.9 Å². The molecule has 2 saturated heterocycles. The monoisotopic (exact) mass is 282 g/mol. The highest BCUT2D eigenvalue weighted by molar-refractivity contribution is 4.95. The Balaban J connectivity index is 1.66. The quantitative estimate of drug-likeness (QED) is 0.840. The van der Waals surface area contributed by atoms with Crippen molar-refractivity contribution in [2.75, 3.05) is 26.3 Å². The minimum absolute atomic E-state index is 0.192. The van der Waals surface area contributed by atoms with E-state index in [1.807, 2.05) is 0 Å². The molecule has 3 fully saturated rings. The first-order valence-electron chi connectivity index (χ1n) is 8.44. The van der Waals surface area contributed by atoms with Gasteiger partial charge in [-0.25, -0.2) is 0 Å². The van der Waals surface area contributed by atoms with Gasteiger partial charge in [-0.05, 0) is 32.6 Å². The lowest BCUT2D eigenvalue weighted by Gasteiger charge is -2.50. The topological polar surface area (TPSA) is 47.7 Å². The molecule has 1 spiro atoms. The van der Waals surface area contributed by atoms with Crippen molar-refractivity contribution < 1.29 is 9.47 Å². The van der Waals surface area contributed by atoms with Crippen LogP contribution < -0.4 is 5.73 Å². The van der Waals surface area contributed by atoms with Crippen LogP contribution in [0.4, 0.5) is 0 Å². The second-order valence-corrected chi connectivity index (χ2v) is 6.98. The molecular formula is C16H30N2O2. The second-order valence-electron chi connectivity index (χ2n) is 6.98. The van der Waals surface area contributed by atoms with Crippen molar-refractivity contribution >= 4 is 0 Å². The van der Waals surface area contributed by atoms with Crippen LogP contribution in [0.3, 0.4) is 0 Å². The van der Waals surface area contributed by atoms with E-state index in [9.17, 15) is 0 Å². The summed E-state index contributed by atoms with van der Waals surface area (Å²) in [6.45, 7) is 5.68. The van der Waals surface area contributed by atoms with Gasteiger partial charge in [0, 0.05) is 31.8 Å². The van der Waals surface area contributed by atoms with E-state index in [0.29, 0.717) is 18.6 Å². The van der Waals surface area contributed by atoms with Gasteiger partial charge in [-0.3, -0.25) is 4.90 Å². The molecule has 4 heteroatoms. The fourth-order valence-electron chi connectivity index (χ4n) is 4.32. The number of ether oxygens (including phenoxy) is 2. The molecule has 3 unspecified atom stereocenters. The predicted molar refractivity (Wildman–Crippen MR) is 79.8 cm³/mol. The van der Waals surface area contributed by atoms with Crippen molar-refractivity contribution in [2.24, 2.45) is 5.73 Å². The maximum absolute atomic E-state index is 6.23. The normalized spacial score (nSPS) is 39.0. The Hall–Kier alpha value is -0.160. The Labute approximate surface area is 123 Å². The highest BCUT2D eigenvalue weighted by Crippen LogP contribution is 2.40. The predicted octanol–water partition coefficient (Wildman–Crippen LogP) is 1.92. The summed E-state index contributed by atoms with van der Waals surface area (Å²) in [7, 11) is 0. The third kappa shape index (κ3) is 3.03. The van der Waals surface area contributed by atoms with E-state index in [2.05, 4.69) is 11.8 Å². The SMILES string of the molecule is CC1COC(CN)CN1C1CCOC2(CCCCC2)C1. The van der Waals surface area contributed by atoms with E-state index in [4.69, 9.17) is 15.2 Å². The fourth-order valence-corrected chi connectivity index (χ4v) is 4.32. The summed E-state index contributed by atoms with van der Waals surface area (Å²) < 4.78 is 12.0. The molecule has 2 heterocycles. The van der Waals surface area contributed by atoms with Crippen LogP contribution in [0.25, 0.3) is 0 Å². The van der Waals surface area contributed by atoms with E-state index >= 15 is 0 Å². The van der Waals surface area contributed by atoms with Crippen molar-refractivity contribution in [2.45, 2.75) is 75.7 Å². The van der Waals surface area contributed by atoms with Gasteiger partial charge in [0.25, 0.3) is 0 Å². The van der Waals surface area contributed by atoms with E-state index < -0.39 is 0 Å². The number of nitrogens with zero attached hydrogens (tertiary/aromatic N) is 1. The number of rotatable bonds is 2. The zero-order valence-corrected chi connectivity index (χ0v) is 12.9. The van der Waals surface area contributed by atoms with Crippen LogP contribution in [0.15, 0.2) is 0 Å². The Morgan fingerprint density at radius 2 is 2.05 bits per heavy atom. The van der Waals surface area contributed by atoms with Crippen molar-refractivity contribution in [3.8, 4) is 0 Å². The van der Waals surface area contributed by atoms with Gasteiger partial charge in [0.1, 0.15) is 0 Å². The molecule has 20 heavy (non-hydrogen) atoms. The van der Waals surface area contributed by atoms with Crippen molar-refractivity contribution in [3.05, 3.63) is 0 Å². The number of hydrogen-bond acceptors (Lipinski definition) is 4. The molecular weight excluding hydrogens is 252 g/mol. The molecule has 116 valence electrons. The third-order valence-electron chi connectivity index (χ3n) is 5.52. The summed E-state index contributed by atoms with van der Waals surface area (Å²) in [4.78, 5) is 2.65. The Kier molecular flexibility index (Phi) is 4.65. The summed E-state index contributed by atoms with van der Waals surface area (Å²) >= 11 is 0. The van der Waals surface area contributed by atoms with Crippen molar-refractivity contribution in [1.82, 2.24) is 4.90 Å². The molecule has 0 aromatic heterocycles. The van der Waals surface area contributed by atoms with Gasteiger partial charge < -0.3 is 15.2 Å². The van der Waals surface area contributed by atoms with E-state index in [-0.39, 0.29) is 11.7 Å². The molecule has 0 aromatic carbocycles. The highest BCUT2D eigenvalue weighted by atomic mass is 16.5. The summed E-state index contributed by atoms with van der Waals surface area (Å²) in [6, 6.07) is 1.18. The summed E-state index contributed by atoms with van der Waals surface area (Å²) in [5.74, 6) is 0. The van der Waals surface area contributed by atoms with Crippen molar-refractivity contribution in [1.29, 1.82) is 0 Å². The molecule has 0 amide bonds. The van der Waals surface area contributed by atoms with E-state index in [1.54, 1.807) is 0 Å². The van der Waals surface area contributed by atoms with Crippen LogP contribution >= 0.6 is 0 Å². The molecule has 3 atom stereocenters. The molecule has 4 nitrogen and oxygen atoms in total. The molecule has 0 bridgehead atoms. The Morgan fingerprint density at radius 1 is 1.25 bits per heavy atom. The minimum Gasteiger partial charge on any atom is -0.375 e. The van der Waals surface area contributed by atoms with Crippen LogP contribution in [-0.2, 0) is 9.47 Å². The summed E-state index contributed by atoms with van der Waals surface area (Å²) in [5.41, 5.74) is 5.99. The Bertz CT molecular complexity index is 312. The van der Waals surface area contributed by atoms with Gasteiger partial charge in [-0.2, -0.15) is 0 Å². The number of hydrogen-bond donors (Lipinski definition) is 1. The average molecular weight is 282 g/mol. The van der Waals surface area contributed by atoms with Crippen LogP contribution in [0.1, 0.15) is 51.9 Å². The molecule has 2 aliphatic heterocycles. The van der Waals surface area contributed by atoms with Crippen LogP contribution in [0.2, 0.25) is 0 Å². The van der Waals surface area contributed by atoms with Gasteiger partial charge in [0.2, 0.25) is 0 Å². The first-order chi connectivity index (χ1) is 9.72. The average Bonchev–Trinajstić information content (AvgIpc) is 2.48. The van der Waals surface area contributed by atoms with Gasteiger partial charge in [-0.1, -0.05) is 19.3 Å². The minimum atomic E-state index is 0.192. The standard InChI is InChI=1S/C16H30N2O2/c1-13-12-19-15(10-17)11-18(13)14-5-8-20-16(9-14)6-3-2-4-7-16/h13-15H,2-12,17H2,1H3. The van der Waals surface area contributed by atoms with Gasteiger partial charge in [0.15, 0.2) is 0 Å². The fraction of sp³-hybridized carbons (Fsp3) is 1.00. The van der Waals surface area contributed by atoms with Gasteiger partial charge in [0.05, 0.1) is 18.3 Å². The van der Waals surface area contributed by atoms with Crippen LogP contribution in [-0.4, -0.2) is 55.0 Å². The molecule has 0 aromatic rings. The largest absolute Gasteiger partial charge is 0.375 e. The maximum atomic E-state index is 6.23. The smallest absolute Gasteiger partial charge is 0.0824 e. The Morgan fingerprint density at radius 3 is 2.80 bits per heavy atom. The highest BCUT2D eigenvalue weighted by Gasteiger charge is 2.42. The molecule has 1 aliphatic carbocycles. The summed E-state index contributed by atoms with van der Waals surface area (Å²) in [6.07, 6.45) is 9.21. The molecule has 3 aliphatic rings. The molecule has 2 N–H and O–H groups in total. The van der Waals surface area contributed by atoms with E-state index in [0.717, 1.165) is 19.8 Å². The molecule has 3 rings (SSSR count). The number of nitrogens with two attached hydrogens (primary N) is 1. The molecule has 0 radical (unpaired) electrons. The first-order valence-corrected chi connectivity index (χ1v) is 8.44. The summed E-state index contributed by atoms with van der Waals surface area (Å²) in [5, 5.41) is 0. The number of morpholine rings is 1. The lowest BCUT2D eigenvalue weighted by atomic mass is 9.77.